The van der Waals surface area contributed by atoms with Crippen molar-refractivity contribution < 1.29 is 9.15 Å². The molecule has 1 aromatic rings. The third kappa shape index (κ3) is 4.70. The average molecular weight is 183 g/mol. The van der Waals surface area contributed by atoms with E-state index in [1.54, 1.807) is 12.5 Å². The lowest BCUT2D eigenvalue weighted by Crippen LogP contribution is -2.15. The van der Waals surface area contributed by atoms with Gasteiger partial charge in [-0.25, -0.2) is 0 Å². The van der Waals surface area contributed by atoms with Crippen molar-refractivity contribution in [1.82, 2.24) is 5.32 Å². The third-order valence-electron chi connectivity index (χ3n) is 1.76. The topological polar surface area (TPSA) is 34.4 Å². The van der Waals surface area contributed by atoms with Gasteiger partial charge < -0.3 is 14.5 Å². The standard InChI is InChI=1S/C10H17NO2/c1-2-12-6-3-5-11-8-10-4-7-13-9-10/h4,7,9,11H,2-3,5-6,8H2,1H3. The van der Waals surface area contributed by atoms with Crippen LogP contribution < -0.4 is 5.32 Å². The van der Waals surface area contributed by atoms with Gasteiger partial charge >= 0.3 is 0 Å². The smallest absolute Gasteiger partial charge is 0.0947 e. The molecular formula is C10H17NO2. The molecule has 3 nitrogen and oxygen atoms in total. The van der Waals surface area contributed by atoms with Gasteiger partial charge in [-0.05, 0) is 26.0 Å². The van der Waals surface area contributed by atoms with Crippen molar-refractivity contribution in [2.24, 2.45) is 0 Å². The first-order chi connectivity index (χ1) is 6.43. The lowest BCUT2D eigenvalue weighted by atomic mass is 10.3. The highest BCUT2D eigenvalue weighted by molar-refractivity contribution is 5.04. The molecule has 1 heterocycles. The number of furan rings is 1. The van der Waals surface area contributed by atoms with Gasteiger partial charge in [0.1, 0.15) is 0 Å². The Balaban J connectivity index is 1.90. The molecule has 3 heteroatoms. The Hall–Kier alpha value is -0.800. The summed E-state index contributed by atoms with van der Waals surface area (Å²) in [5.41, 5.74) is 1.19. The molecule has 0 aliphatic carbocycles. The molecule has 1 N–H and O–H groups in total. The summed E-state index contributed by atoms with van der Waals surface area (Å²) >= 11 is 0. The van der Waals surface area contributed by atoms with E-state index in [2.05, 4.69) is 5.32 Å². The van der Waals surface area contributed by atoms with Crippen LogP contribution in [-0.2, 0) is 11.3 Å². The molecule has 74 valence electrons. The minimum atomic E-state index is 0.807. The van der Waals surface area contributed by atoms with Crippen LogP contribution >= 0.6 is 0 Å². The molecule has 0 aliphatic heterocycles. The van der Waals surface area contributed by atoms with Gasteiger partial charge in [0.25, 0.3) is 0 Å². The van der Waals surface area contributed by atoms with Crippen LogP contribution in [0.25, 0.3) is 0 Å². The highest BCUT2D eigenvalue weighted by Crippen LogP contribution is 1.98. The van der Waals surface area contributed by atoms with Crippen molar-refractivity contribution in [3.63, 3.8) is 0 Å². The highest BCUT2D eigenvalue weighted by atomic mass is 16.5. The summed E-state index contributed by atoms with van der Waals surface area (Å²) in [6.45, 7) is 5.53. The van der Waals surface area contributed by atoms with Crippen LogP contribution in [-0.4, -0.2) is 19.8 Å². The Labute approximate surface area is 79.1 Å². The third-order valence-corrected chi connectivity index (χ3v) is 1.76. The molecule has 1 aromatic heterocycles. The minimum Gasteiger partial charge on any atom is -0.472 e. The summed E-state index contributed by atoms with van der Waals surface area (Å²) in [4.78, 5) is 0. The molecule has 0 fully saturated rings. The maximum Gasteiger partial charge on any atom is 0.0947 e. The van der Waals surface area contributed by atoms with Crippen LogP contribution in [0.4, 0.5) is 0 Å². The van der Waals surface area contributed by atoms with Crippen molar-refractivity contribution in [1.29, 1.82) is 0 Å². The lowest BCUT2D eigenvalue weighted by Gasteiger charge is -2.02. The van der Waals surface area contributed by atoms with Crippen LogP contribution in [0.1, 0.15) is 18.9 Å². The van der Waals surface area contributed by atoms with E-state index in [4.69, 9.17) is 9.15 Å². The molecule has 0 unspecified atom stereocenters. The lowest BCUT2D eigenvalue weighted by molar-refractivity contribution is 0.144. The summed E-state index contributed by atoms with van der Waals surface area (Å²) in [6.07, 6.45) is 4.51. The molecule has 0 radical (unpaired) electrons. The van der Waals surface area contributed by atoms with Crippen LogP contribution in [0.3, 0.4) is 0 Å². The van der Waals surface area contributed by atoms with E-state index >= 15 is 0 Å². The molecule has 0 aliphatic rings. The number of ether oxygens (including phenoxy) is 1. The van der Waals surface area contributed by atoms with E-state index in [0.29, 0.717) is 0 Å². The first kappa shape index (κ1) is 10.3. The number of nitrogens with one attached hydrogen (secondary N) is 1. The normalized spacial score (nSPS) is 10.5. The summed E-state index contributed by atoms with van der Waals surface area (Å²) in [6, 6.07) is 1.97. The van der Waals surface area contributed by atoms with Crippen LogP contribution in [0.2, 0.25) is 0 Å². The minimum absolute atomic E-state index is 0.807. The van der Waals surface area contributed by atoms with E-state index in [9.17, 15) is 0 Å². The van der Waals surface area contributed by atoms with E-state index in [-0.39, 0.29) is 0 Å². The zero-order valence-electron chi connectivity index (χ0n) is 8.08. The zero-order chi connectivity index (χ0) is 9.36. The van der Waals surface area contributed by atoms with Gasteiger partial charge in [-0.15, -0.1) is 0 Å². The van der Waals surface area contributed by atoms with Crippen molar-refractivity contribution in [2.45, 2.75) is 19.9 Å². The van der Waals surface area contributed by atoms with Crippen LogP contribution in [0.5, 0.6) is 0 Å². The molecule has 0 spiro atoms. The monoisotopic (exact) mass is 183 g/mol. The Morgan fingerprint density at radius 2 is 2.46 bits per heavy atom. The quantitative estimate of drug-likeness (QED) is 0.654. The van der Waals surface area contributed by atoms with E-state index < -0.39 is 0 Å². The predicted octanol–water partition coefficient (Wildman–Crippen LogP) is 1.80. The summed E-state index contributed by atoms with van der Waals surface area (Å²) < 4.78 is 10.2. The fraction of sp³-hybridized carbons (Fsp3) is 0.600. The van der Waals surface area contributed by atoms with Gasteiger partial charge in [-0.1, -0.05) is 0 Å². The number of hydrogen-bond donors (Lipinski definition) is 1. The summed E-state index contributed by atoms with van der Waals surface area (Å²) in [5, 5.41) is 3.31. The van der Waals surface area contributed by atoms with Gasteiger partial charge in [0.05, 0.1) is 12.5 Å². The Bertz CT molecular complexity index is 197. The Kier molecular flexibility index (Phi) is 5.29. The second-order valence-corrected chi connectivity index (χ2v) is 2.86. The molecule has 0 saturated carbocycles. The maximum atomic E-state index is 5.21. The van der Waals surface area contributed by atoms with Crippen molar-refractivity contribution in [3.05, 3.63) is 24.2 Å². The largest absolute Gasteiger partial charge is 0.472 e. The van der Waals surface area contributed by atoms with Gasteiger partial charge in [0.15, 0.2) is 0 Å². The van der Waals surface area contributed by atoms with E-state index in [0.717, 1.165) is 32.7 Å². The fourth-order valence-corrected chi connectivity index (χ4v) is 1.07. The molecule has 13 heavy (non-hydrogen) atoms. The average Bonchev–Trinajstić information content (AvgIpc) is 2.63. The highest BCUT2D eigenvalue weighted by Gasteiger charge is 1.92. The van der Waals surface area contributed by atoms with Gasteiger partial charge in [0.2, 0.25) is 0 Å². The van der Waals surface area contributed by atoms with Gasteiger partial charge in [-0.2, -0.15) is 0 Å². The van der Waals surface area contributed by atoms with Crippen molar-refractivity contribution in [2.75, 3.05) is 19.8 Å². The molecule has 0 bridgehead atoms. The second-order valence-electron chi connectivity index (χ2n) is 2.86. The number of hydrogen-bond acceptors (Lipinski definition) is 3. The number of rotatable bonds is 7. The second kappa shape index (κ2) is 6.69. The summed E-state index contributed by atoms with van der Waals surface area (Å²) in [7, 11) is 0. The molecule has 0 amide bonds. The SMILES string of the molecule is CCOCCCNCc1ccoc1. The van der Waals surface area contributed by atoms with E-state index in [1.165, 1.54) is 5.56 Å². The van der Waals surface area contributed by atoms with E-state index in [1.807, 2.05) is 13.0 Å². The molecule has 0 saturated heterocycles. The predicted molar refractivity (Wildman–Crippen MR) is 51.5 cm³/mol. The Morgan fingerprint density at radius 3 is 3.15 bits per heavy atom. The molecule has 0 atom stereocenters. The molecule has 1 rings (SSSR count). The van der Waals surface area contributed by atoms with Gasteiger partial charge in [0, 0.05) is 25.3 Å². The van der Waals surface area contributed by atoms with Gasteiger partial charge in [-0.3, -0.25) is 0 Å². The summed E-state index contributed by atoms with van der Waals surface area (Å²) in [5.74, 6) is 0. The maximum absolute atomic E-state index is 5.21. The van der Waals surface area contributed by atoms with Crippen LogP contribution in [0, 0.1) is 0 Å². The zero-order valence-corrected chi connectivity index (χ0v) is 8.08. The van der Waals surface area contributed by atoms with Crippen molar-refractivity contribution in [3.8, 4) is 0 Å². The molecular weight excluding hydrogens is 166 g/mol. The first-order valence-corrected chi connectivity index (χ1v) is 4.73. The van der Waals surface area contributed by atoms with Crippen LogP contribution in [0.15, 0.2) is 23.0 Å². The van der Waals surface area contributed by atoms with Crippen molar-refractivity contribution >= 4 is 0 Å². The fourth-order valence-electron chi connectivity index (χ4n) is 1.07. The Morgan fingerprint density at radius 1 is 1.54 bits per heavy atom. The molecule has 0 aromatic carbocycles. The first-order valence-electron chi connectivity index (χ1n) is 4.73.